The van der Waals surface area contributed by atoms with Crippen molar-refractivity contribution in [3.63, 3.8) is 0 Å². The van der Waals surface area contributed by atoms with Crippen molar-refractivity contribution in [2.75, 3.05) is 14.2 Å². The molecule has 1 atom stereocenters. The summed E-state index contributed by atoms with van der Waals surface area (Å²) in [7, 11) is 3.21. The summed E-state index contributed by atoms with van der Waals surface area (Å²) in [5.41, 5.74) is -0.0449. The van der Waals surface area contributed by atoms with Gasteiger partial charge in [-0.15, -0.1) is 0 Å². The Labute approximate surface area is 117 Å². The third-order valence-corrected chi connectivity index (χ3v) is 3.99. The van der Waals surface area contributed by atoms with Gasteiger partial charge in [0, 0.05) is 5.56 Å². The van der Waals surface area contributed by atoms with Gasteiger partial charge in [0.1, 0.15) is 16.0 Å². The van der Waals surface area contributed by atoms with Crippen LogP contribution in [-0.4, -0.2) is 19.3 Å². The predicted molar refractivity (Wildman–Crippen MR) is 76.3 cm³/mol. The molecule has 0 heterocycles. The van der Waals surface area contributed by atoms with Crippen LogP contribution in [0.3, 0.4) is 0 Å². The normalized spacial score (nSPS) is 14.1. The molecular formula is C14H21BrO3. The maximum atomic E-state index is 10.7. The number of benzene rings is 1. The summed E-state index contributed by atoms with van der Waals surface area (Å²) in [6.07, 6.45) is 2.27. The van der Waals surface area contributed by atoms with E-state index >= 15 is 0 Å². The van der Waals surface area contributed by atoms with Crippen LogP contribution in [0.4, 0.5) is 0 Å². The molecule has 0 saturated heterocycles. The average molecular weight is 317 g/mol. The molecule has 0 aliphatic rings. The van der Waals surface area contributed by atoms with Crippen LogP contribution >= 0.6 is 15.9 Å². The van der Waals surface area contributed by atoms with Crippen molar-refractivity contribution >= 4 is 15.9 Å². The van der Waals surface area contributed by atoms with E-state index in [0.29, 0.717) is 24.3 Å². The van der Waals surface area contributed by atoms with Crippen LogP contribution in [0, 0.1) is 0 Å². The fourth-order valence-corrected chi connectivity index (χ4v) is 2.85. The van der Waals surface area contributed by atoms with Gasteiger partial charge in [-0.05, 0) is 40.9 Å². The number of rotatable bonds is 6. The Balaban J connectivity index is 3.35. The van der Waals surface area contributed by atoms with Gasteiger partial charge in [0.25, 0.3) is 0 Å². The fourth-order valence-electron chi connectivity index (χ4n) is 2.18. The van der Waals surface area contributed by atoms with Crippen LogP contribution in [0.1, 0.15) is 38.7 Å². The third kappa shape index (κ3) is 2.81. The van der Waals surface area contributed by atoms with Gasteiger partial charge in [-0.1, -0.05) is 20.3 Å². The molecule has 0 bridgehead atoms. The molecule has 18 heavy (non-hydrogen) atoms. The monoisotopic (exact) mass is 316 g/mol. The van der Waals surface area contributed by atoms with Crippen LogP contribution < -0.4 is 9.47 Å². The van der Waals surface area contributed by atoms with Crippen molar-refractivity contribution in [2.45, 2.75) is 38.7 Å². The van der Waals surface area contributed by atoms with Gasteiger partial charge in [-0.3, -0.25) is 0 Å². The largest absolute Gasteiger partial charge is 0.495 e. The second-order valence-electron chi connectivity index (χ2n) is 4.30. The molecule has 0 amide bonds. The van der Waals surface area contributed by atoms with E-state index in [-0.39, 0.29) is 0 Å². The molecule has 3 nitrogen and oxygen atoms in total. The van der Waals surface area contributed by atoms with Crippen molar-refractivity contribution in [2.24, 2.45) is 0 Å². The van der Waals surface area contributed by atoms with Crippen LogP contribution in [0.25, 0.3) is 0 Å². The van der Waals surface area contributed by atoms with Crippen molar-refractivity contribution in [3.05, 3.63) is 22.2 Å². The van der Waals surface area contributed by atoms with E-state index in [2.05, 4.69) is 22.9 Å². The molecule has 0 aliphatic heterocycles. The van der Waals surface area contributed by atoms with E-state index in [1.54, 1.807) is 14.2 Å². The lowest BCUT2D eigenvalue weighted by Crippen LogP contribution is -2.25. The predicted octanol–water partition coefficient (Wildman–Crippen LogP) is 3.86. The second-order valence-corrected chi connectivity index (χ2v) is 5.09. The van der Waals surface area contributed by atoms with Gasteiger partial charge >= 0.3 is 0 Å². The molecule has 1 aromatic carbocycles. The zero-order valence-electron chi connectivity index (χ0n) is 11.4. The molecule has 1 unspecified atom stereocenters. The first-order valence-electron chi connectivity index (χ1n) is 6.17. The Bertz CT molecular complexity index is 406. The summed E-state index contributed by atoms with van der Waals surface area (Å²) >= 11 is 3.46. The Morgan fingerprint density at radius 1 is 1.22 bits per heavy atom. The maximum Gasteiger partial charge on any atom is 0.142 e. The van der Waals surface area contributed by atoms with Gasteiger partial charge in [-0.2, -0.15) is 0 Å². The Morgan fingerprint density at radius 2 is 1.89 bits per heavy atom. The lowest BCUT2D eigenvalue weighted by molar-refractivity contribution is 0.0202. The molecule has 0 spiro atoms. The molecule has 1 aromatic rings. The highest BCUT2D eigenvalue weighted by atomic mass is 79.9. The summed E-state index contributed by atoms with van der Waals surface area (Å²) in [6.45, 7) is 4.04. The first kappa shape index (κ1) is 15.3. The molecule has 0 aliphatic carbocycles. The van der Waals surface area contributed by atoms with Crippen LogP contribution in [0.15, 0.2) is 16.6 Å². The second kappa shape index (κ2) is 6.43. The summed E-state index contributed by atoms with van der Waals surface area (Å²) in [5.74, 6) is 1.35. The van der Waals surface area contributed by atoms with Gasteiger partial charge in [0.15, 0.2) is 0 Å². The highest BCUT2D eigenvalue weighted by Crippen LogP contribution is 2.44. The smallest absolute Gasteiger partial charge is 0.142 e. The first-order chi connectivity index (χ1) is 8.53. The maximum absolute atomic E-state index is 10.7. The van der Waals surface area contributed by atoms with Crippen molar-refractivity contribution < 1.29 is 14.6 Å². The zero-order chi connectivity index (χ0) is 13.8. The van der Waals surface area contributed by atoms with Gasteiger partial charge < -0.3 is 14.6 Å². The van der Waals surface area contributed by atoms with E-state index in [1.165, 1.54) is 0 Å². The average Bonchev–Trinajstić information content (AvgIpc) is 2.38. The lowest BCUT2D eigenvalue weighted by Gasteiger charge is -2.29. The number of halogens is 1. The molecule has 0 radical (unpaired) electrons. The molecule has 0 fully saturated rings. The molecule has 0 saturated carbocycles. The minimum Gasteiger partial charge on any atom is -0.495 e. The molecular weight excluding hydrogens is 296 g/mol. The fraction of sp³-hybridized carbons (Fsp3) is 0.571. The standard InChI is InChI=1S/C14H21BrO3/c1-5-9-14(16,6-2)10-7-8-11(17-3)12(15)13(10)18-4/h7-8,16H,5-6,9H2,1-4H3. The summed E-state index contributed by atoms with van der Waals surface area (Å²) in [4.78, 5) is 0. The Hall–Kier alpha value is -0.740. The molecule has 0 aromatic heterocycles. The van der Waals surface area contributed by atoms with Crippen molar-refractivity contribution in [1.82, 2.24) is 0 Å². The summed E-state index contributed by atoms with van der Waals surface area (Å²) in [6, 6.07) is 3.72. The van der Waals surface area contributed by atoms with Crippen LogP contribution in [-0.2, 0) is 5.60 Å². The van der Waals surface area contributed by atoms with Crippen molar-refractivity contribution in [1.29, 1.82) is 0 Å². The van der Waals surface area contributed by atoms with Crippen LogP contribution in [0.2, 0.25) is 0 Å². The minimum atomic E-state index is -0.852. The van der Waals surface area contributed by atoms with Gasteiger partial charge in [-0.25, -0.2) is 0 Å². The summed E-state index contributed by atoms with van der Waals surface area (Å²) in [5, 5.41) is 10.7. The molecule has 1 N–H and O–H groups in total. The highest BCUT2D eigenvalue weighted by molar-refractivity contribution is 9.10. The number of aliphatic hydroxyl groups is 1. The number of ether oxygens (including phenoxy) is 2. The van der Waals surface area contributed by atoms with E-state index < -0.39 is 5.60 Å². The quantitative estimate of drug-likeness (QED) is 0.866. The SMILES string of the molecule is CCCC(O)(CC)c1ccc(OC)c(Br)c1OC. The number of hydrogen-bond acceptors (Lipinski definition) is 3. The Morgan fingerprint density at radius 3 is 2.33 bits per heavy atom. The lowest BCUT2D eigenvalue weighted by atomic mass is 9.86. The number of hydrogen-bond donors (Lipinski definition) is 1. The molecule has 4 heteroatoms. The topological polar surface area (TPSA) is 38.7 Å². The van der Waals surface area contributed by atoms with Crippen molar-refractivity contribution in [3.8, 4) is 11.5 Å². The van der Waals surface area contributed by atoms with Crippen LogP contribution in [0.5, 0.6) is 11.5 Å². The first-order valence-corrected chi connectivity index (χ1v) is 6.96. The number of methoxy groups -OCH3 is 2. The third-order valence-electron chi connectivity index (χ3n) is 3.24. The van der Waals surface area contributed by atoms with E-state index in [0.717, 1.165) is 16.5 Å². The van der Waals surface area contributed by atoms with E-state index in [1.807, 2.05) is 19.1 Å². The molecule has 102 valence electrons. The molecule has 1 rings (SSSR count). The van der Waals surface area contributed by atoms with E-state index in [9.17, 15) is 5.11 Å². The zero-order valence-corrected chi connectivity index (χ0v) is 13.0. The van der Waals surface area contributed by atoms with Gasteiger partial charge in [0.2, 0.25) is 0 Å². The van der Waals surface area contributed by atoms with E-state index in [4.69, 9.17) is 9.47 Å². The highest BCUT2D eigenvalue weighted by Gasteiger charge is 2.31. The van der Waals surface area contributed by atoms with Gasteiger partial charge in [0.05, 0.1) is 19.8 Å². The summed E-state index contributed by atoms with van der Waals surface area (Å²) < 4.78 is 11.4. The Kier molecular flexibility index (Phi) is 5.47. The minimum absolute atomic E-state index is 0.646.